The van der Waals surface area contributed by atoms with Crippen molar-refractivity contribution in [3.63, 3.8) is 0 Å². The van der Waals surface area contributed by atoms with Crippen LogP contribution in [0.15, 0.2) is 40.9 Å². The standard InChI is InChI=1S/C14H12BrF2N/c1-8-2-4-10(16)7-12(8)14(18)11-5-3-9(15)6-13(11)17/h2-7,14H,18H2,1H3. The van der Waals surface area contributed by atoms with Crippen LogP contribution in [0.4, 0.5) is 8.78 Å². The maximum absolute atomic E-state index is 13.8. The minimum atomic E-state index is -0.672. The summed E-state index contributed by atoms with van der Waals surface area (Å²) in [6, 6.07) is 8.35. The van der Waals surface area contributed by atoms with E-state index in [9.17, 15) is 8.78 Å². The fourth-order valence-corrected chi connectivity index (χ4v) is 2.20. The first-order chi connectivity index (χ1) is 8.49. The Hall–Kier alpha value is -1.26. The highest BCUT2D eigenvalue weighted by Gasteiger charge is 2.16. The molecule has 2 rings (SSSR count). The summed E-state index contributed by atoms with van der Waals surface area (Å²) < 4.78 is 27.7. The van der Waals surface area contributed by atoms with Crippen LogP contribution in [0, 0.1) is 18.6 Å². The van der Waals surface area contributed by atoms with Crippen molar-refractivity contribution in [2.75, 3.05) is 0 Å². The zero-order valence-corrected chi connectivity index (χ0v) is 11.3. The molecule has 0 aliphatic carbocycles. The smallest absolute Gasteiger partial charge is 0.129 e. The van der Waals surface area contributed by atoms with E-state index >= 15 is 0 Å². The zero-order valence-electron chi connectivity index (χ0n) is 9.75. The maximum Gasteiger partial charge on any atom is 0.129 e. The molecule has 4 heteroatoms. The molecule has 0 radical (unpaired) electrons. The van der Waals surface area contributed by atoms with E-state index < -0.39 is 11.9 Å². The van der Waals surface area contributed by atoms with Gasteiger partial charge in [-0.25, -0.2) is 8.78 Å². The van der Waals surface area contributed by atoms with Crippen molar-refractivity contribution in [1.29, 1.82) is 0 Å². The third-order valence-corrected chi connectivity index (χ3v) is 3.37. The van der Waals surface area contributed by atoms with Gasteiger partial charge in [0.05, 0.1) is 6.04 Å². The monoisotopic (exact) mass is 311 g/mol. The number of hydrogen-bond acceptors (Lipinski definition) is 1. The van der Waals surface area contributed by atoms with Gasteiger partial charge < -0.3 is 5.73 Å². The van der Waals surface area contributed by atoms with Crippen molar-refractivity contribution in [2.45, 2.75) is 13.0 Å². The summed E-state index contributed by atoms with van der Waals surface area (Å²) in [5, 5.41) is 0. The summed E-state index contributed by atoms with van der Waals surface area (Å²) in [6.07, 6.45) is 0. The number of halogens is 3. The van der Waals surface area contributed by atoms with Crippen LogP contribution < -0.4 is 5.73 Å². The summed E-state index contributed by atoms with van der Waals surface area (Å²) in [4.78, 5) is 0. The quantitative estimate of drug-likeness (QED) is 0.888. The molecule has 94 valence electrons. The minimum absolute atomic E-state index is 0.354. The molecule has 0 spiro atoms. The van der Waals surface area contributed by atoms with E-state index in [1.165, 1.54) is 18.2 Å². The SMILES string of the molecule is Cc1ccc(F)cc1C(N)c1ccc(Br)cc1F. The van der Waals surface area contributed by atoms with Gasteiger partial charge in [0.1, 0.15) is 11.6 Å². The van der Waals surface area contributed by atoms with Crippen molar-refractivity contribution in [3.8, 4) is 0 Å². The van der Waals surface area contributed by atoms with Crippen LogP contribution in [0.5, 0.6) is 0 Å². The second kappa shape index (κ2) is 5.16. The third kappa shape index (κ3) is 2.60. The molecule has 1 atom stereocenters. The highest BCUT2D eigenvalue weighted by atomic mass is 79.9. The van der Waals surface area contributed by atoms with E-state index in [0.29, 0.717) is 15.6 Å². The van der Waals surface area contributed by atoms with Gasteiger partial charge in [-0.05, 0) is 42.3 Å². The highest BCUT2D eigenvalue weighted by Crippen LogP contribution is 2.27. The molecule has 2 aromatic carbocycles. The molecular weight excluding hydrogens is 300 g/mol. The molecule has 1 nitrogen and oxygen atoms in total. The first-order valence-electron chi connectivity index (χ1n) is 5.45. The van der Waals surface area contributed by atoms with Gasteiger partial charge in [-0.1, -0.05) is 28.1 Å². The van der Waals surface area contributed by atoms with E-state index in [4.69, 9.17) is 5.73 Å². The van der Waals surface area contributed by atoms with Crippen LogP contribution >= 0.6 is 15.9 Å². The largest absolute Gasteiger partial charge is 0.320 e. The fourth-order valence-electron chi connectivity index (χ4n) is 1.87. The van der Waals surface area contributed by atoms with Gasteiger partial charge in [0.2, 0.25) is 0 Å². The lowest BCUT2D eigenvalue weighted by atomic mass is 9.95. The van der Waals surface area contributed by atoms with Gasteiger partial charge in [0, 0.05) is 10.0 Å². The van der Waals surface area contributed by atoms with E-state index in [0.717, 1.165) is 5.56 Å². The lowest BCUT2D eigenvalue weighted by Crippen LogP contribution is -2.15. The molecule has 0 amide bonds. The Morgan fingerprint density at radius 1 is 1.06 bits per heavy atom. The topological polar surface area (TPSA) is 26.0 Å². The molecular formula is C14H12BrF2N. The van der Waals surface area contributed by atoms with Gasteiger partial charge in [0.25, 0.3) is 0 Å². The number of benzene rings is 2. The van der Waals surface area contributed by atoms with Crippen molar-refractivity contribution < 1.29 is 8.78 Å². The Labute approximate surface area is 113 Å². The summed E-state index contributed by atoms with van der Waals surface area (Å²) in [6.45, 7) is 1.82. The van der Waals surface area contributed by atoms with Crippen LogP contribution in [-0.2, 0) is 0 Å². The maximum atomic E-state index is 13.8. The number of hydrogen-bond donors (Lipinski definition) is 1. The van der Waals surface area contributed by atoms with Crippen molar-refractivity contribution in [1.82, 2.24) is 0 Å². The first kappa shape index (κ1) is 13.2. The first-order valence-corrected chi connectivity index (χ1v) is 6.25. The molecule has 0 saturated heterocycles. The second-order valence-electron chi connectivity index (χ2n) is 4.14. The van der Waals surface area contributed by atoms with Crippen LogP contribution in [-0.4, -0.2) is 0 Å². The lowest BCUT2D eigenvalue weighted by molar-refractivity contribution is 0.594. The summed E-state index contributed by atoms with van der Waals surface area (Å²) in [7, 11) is 0. The molecule has 0 saturated carbocycles. The summed E-state index contributed by atoms with van der Waals surface area (Å²) in [5.74, 6) is -0.774. The number of rotatable bonds is 2. The Morgan fingerprint density at radius 3 is 2.44 bits per heavy atom. The van der Waals surface area contributed by atoms with Gasteiger partial charge in [0.15, 0.2) is 0 Å². The van der Waals surface area contributed by atoms with E-state index in [2.05, 4.69) is 15.9 Å². The average molecular weight is 312 g/mol. The van der Waals surface area contributed by atoms with Crippen molar-refractivity contribution >= 4 is 15.9 Å². The van der Waals surface area contributed by atoms with Crippen molar-refractivity contribution in [2.24, 2.45) is 5.73 Å². The average Bonchev–Trinajstić information content (AvgIpc) is 2.31. The normalized spacial score (nSPS) is 12.5. The number of aryl methyl sites for hydroxylation is 1. The van der Waals surface area contributed by atoms with Gasteiger partial charge >= 0.3 is 0 Å². The third-order valence-electron chi connectivity index (χ3n) is 2.87. The van der Waals surface area contributed by atoms with Gasteiger partial charge in [-0.15, -0.1) is 0 Å². The van der Waals surface area contributed by atoms with Gasteiger partial charge in [-0.2, -0.15) is 0 Å². The predicted octanol–water partition coefficient (Wildman–Crippen LogP) is 4.08. The molecule has 18 heavy (non-hydrogen) atoms. The predicted molar refractivity (Wildman–Crippen MR) is 71.3 cm³/mol. The summed E-state index contributed by atoms with van der Waals surface area (Å²) in [5.41, 5.74) is 7.80. The Balaban J connectivity index is 2.47. The fraction of sp³-hybridized carbons (Fsp3) is 0.143. The molecule has 0 fully saturated rings. The van der Waals surface area contributed by atoms with Crippen LogP contribution in [0.2, 0.25) is 0 Å². The molecule has 0 aliphatic heterocycles. The molecule has 0 aliphatic rings. The Morgan fingerprint density at radius 2 is 1.78 bits per heavy atom. The van der Waals surface area contributed by atoms with Crippen molar-refractivity contribution in [3.05, 3.63) is 69.2 Å². The molecule has 0 aromatic heterocycles. The number of nitrogens with two attached hydrogens (primary N) is 1. The van der Waals surface area contributed by atoms with E-state index in [-0.39, 0.29) is 5.82 Å². The lowest BCUT2D eigenvalue weighted by Gasteiger charge is -2.16. The molecule has 1 unspecified atom stereocenters. The van der Waals surface area contributed by atoms with Gasteiger partial charge in [-0.3, -0.25) is 0 Å². The van der Waals surface area contributed by atoms with Crippen LogP contribution in [0.25, 0.3) is 0 Å². The van der Waals surface area contributed by atoms with E-state index in [1.54, 1.807) is 18.2 Å². The zero-order chi connectivity index (χ0) is 13.3. The van der Waals surface area contributed by atoms with Crippen LogP contribution in [0.1, 0.15) is 22.7 Å². The molecule has 0 bridgehead atoms. The molecule has 0 heterocycles. The Kier molecular flexibility index (Phi) is 3.78. The van der Waals surface area contributed by atoms with Crippen LogP contribution in [0.3, 0.4) is 0 Å². The highest BCUT2D eigenvalue weighted by molar-refractivity contribution is 9.10. The second-order valence-corrected chi connectivity index (χ2v) is 5.06. The Bertz CT molecular complexity index is 584. The molecule has 2 aromatic rings. The van der Waals surface area contributed by atoms with E-state index in [1.807, 2.05) is 6.92 Å². The minimum Gasteiger partial charge on any atom is -0.320 e. The molecule has 2 N–H and O–H groups in total. The summed E-state index contributed by atoms with van der Waals surface area (Å²) >= 11 is 3.19.